The van der Waals surface area contributed by atoms with E-state index in [4.69, 9.17) is 16.2 Å². The molecule has 1 aromatic carbocycles. The van der Waals surface area contributed by atoms with Crippen LogP contribution < -0.4 is 16.2 Å². The highest BCUT2D eigenvalue weighted by atomic mass is 32.1. The molecule has 0 atom stereocenters. The van der Waals surface area contributed by atoms with Gasteiger partial charge in [0.1, 0.15) is 10.8 Å². The van der Waals surface area contributed by atoms with Crippen LogP contribution in [0.5, 0.6) is 5.75 Å². The minimum Gasteiger partial charge on any atom is -0.494 e. The second kappa shape index (κ2) is 11.1. The van der Waals surface area contributed by atoms with Gasteiger partial charge in [0.05, 0.1) is 22.9 Å². The second-order valence-electron chi connectivity index (χ2n) is 7.63. The molecule has 2 aromatic rings. The van der Waals surface area contributed by atoms with Gasteiger partial charge in [0, 0.05) is 12.1 Å². The lowest BCUT2D eigenvalue weighted by molar-refractivity contribution is 0.240. The zero-order valence-electron chi connectivity index (χ0n) is 17.9. The minimum atomic E-state index is -0.0567. The lowest BCUT2D eigenvalue weighted by Gasteiger charge is -2.19. The van der Waals surface area contributed by atoms with Gasteiger partial charge in [0.2, 0.25) is 5.96 Å². The van der Waals surface area contributed by atoms with Crippen molar-refractivity contribution in [3.63, 3.8) is 0 Å². The molecular weight excluding hydrogens is 396 g/mol. The summed E-state index contributed by atoms with van der Waals surface area (Å²) in [6.07, 6.45) is 6.48. The maximum Gasteiger partial charge on any atom is 0.211 e. The molecule has 0 aliphatic carbocycles. The minimum absolute atomic E-state index is 0.0567. The van der Waals surface area contributed by atoms with Gasteiger partial charge in [-0.25, -0.2) is 4.98 Å². The van der Waals surface area contributed by atoms with Gasteiger partial charge in [-0.2, -0.15) is 5.10 Å². The molecule has 1 aliphatic heterocycles. The summed E-state index contributed by atoms with van der Waals surface area (Å²) in [6.45, 7) is 8.18. The van der Waals surface area contributed by atoms with Gasteiger partial charge in [0.25, 0.3) is 0 Å². The highest BCUT2D eigenvalue weighted by Crippen LogP contribution is 2.29. The number of guanidine groups is 1. The van der Waals surface area contributed by atoms with Crippen molar-refractivity contribution in [1.29, 1.82) is 0 Å². The molecule has 162 valence electrons. The quantitative estimate of drug-likeness (QED) is 0.288. The van der Waals surface area contributed by atoms with E-state index in [0.717, 1.165) is 52.2 Å². The van der Waals surface area contributed by atoms with Crippen LogP contribution in [0.4, 0.5) is 0 Å². The molecule has 8 heteroatoms. The van der Waals surface area contributed by atoms with E-state index in [9.17, 15) is 0 Å². The molecule has 0 spiro atoms. The number of benzene rings is 1. The van der Waals surface area contributed by atoms with Crippen molar-refractivity contribution in [2.75, 3.05) is 26.2 Å². The molecule has 4 N–H and O–H groups in total. The number of nitrogens with two attached hydrogens (primary N) is 2. The SMILES string of the molecule is C/C(=N\N=C(N)N)c1sc(-c2ccc(OCCCN3CCCCCC3)cc2)nc1C. The Kier molecular flexibility index (Phi) is 8.21. The number of rotatable bonds is 8. The zero-order chi connectivity index (χ0) is 21.3. The van der Waals surface area contributed by atoms with Crippen LogP contribution >= 0.6 is 11.3 Å². The maximum absolute atomic E-state index is 5.94. The van der Waals surface area contributed by atoms with Crippen LogP contribution in [-0.4, -0.2) is 47.8 Å². The van der Waals surface area contributed by atoms with Gasteiger partial charge in [-0.15, -0.1) is 16.4 Å². The number of hydrogen-bond donors (Lipinski definition) is 2. The second-order valence-corrected chi connectivity index (χ2v) is 8.63. The van der Waals surface area contributed by atoms with Gasteiger partial charge < -0.3 is 21.1 Å². The smallest absolute Gasteiger partial charge is 0.211 e. The van der Waals surface area contributed by atoms with E-state index in [0.29, 0.717) is 0 Å². The lowest BCUT2D eigenvalue weighted by Crippen LogP contribution is -2.26. The van der Waals surface area contributed by atoms with Crippen LogP contribution in [0, 0.1) is 6.92 Å². The summed E-state index contributed by atoms with van der Waals surface area (Å²) in [4.78, 5) is 8.22. The first kappa shape index (κ1) is 22.2. The summed E-state index contributed by atoms with van der Waals surface area (Å²) in [5, 5.41) is 8.72. The first-order chi connectivity index (χ1) is 14.5. The van der Waals surface area contributed by atoms with Crippen molar-refractivity contribution >= 4 is 23.0 Å². The maximum atomic E-state index is 5.94. The molecule has 1 aliphatic rings. The molecule has 1 fully saturated rings. The first-order valence-electron chi connectivity index (χ1n) is 10.6. The molecule has 0 radical (unpaired) electrons. The van der Waals surface area contributed by atoms with Crippen molar-refractivity contribution in [3.05, 3.63) is 34.8 Å². The summed E-state index contributed by atoms with van der Waals surface area (Å²) in [7, 11) is 0. The number of thiazole rings is 1. The molecule has 0 saturated carbocycles. The molecule has 7 nitrogen and oxygen atoms in total. The van der Waals surface area contributed by atoms with Crippen LogP contribution in [0.25, 0.3) is 10.6 Å². The molecule has 1 aromatic heterocycles. The van der Waals surface area contributed by atoms with E-state index in [1.54, 1.807) is 11.3 Å². The van der Waals surface area contributed by atoms with E-state index < -0.39 is 0 Å². The predicted octanol–water partition coefficient (Wildman–Crippen LogP) is 3.76. The highest BCUT2D eigenvalue weighted by Gasteiger charge is 2.12. The summed E-state index contributed by atoms with van der Waals surface area (Å²) < 4.78 is 5.94. The van der Waals surface area contributed by atoms with Crippen molar-refractivity contribution in [2.45, 2.75) is 46.0 Å². The topological polar surface area (TPSA) is 102 Å². The van der Waals surface area contributed by atoms with Gasteiger partial charge in [-0.1, -0.05) is 12.8 Å². The Balaban J connectivity index is 1.53. The average Bonchev–Trinajstić information content (AvgIpc) is 2.95. The van der Waals surface area contributed by atoms with Crippen LogP contribution in [0.3, 0.4) is 0 Å². The Morgan fingerprint density at radius 3 is 2.47 bits per heavy atom. The highest BCUT2D eigenvalue weighted by molar-refractivity contribution is 7.17. The number of nitrogens with zero attached hydrogens (tertiary/aromatic N) is 4. The van der Waals surface area contributed by atoms with Crippen LogP contribution in [0.2, 0.25) is 0 Å². The fraction of sp³-hybridized carbons (Fsp3) is 0.500. The molecule has 0 unspecified atom stereocenters. The van der Waals surface area contributed by atoms with Crippen LogP contribution in [-0.2, 0) is 0 Å². The van der Waals surface area contributed by atoms with E-state index >= 15 is 0 Å². The third-order valence-electron chi connectivity index (χ3n) is 5.13. The Morgan fingerprint density at radius 2 is 1.80 bits per heavy atom. The molecule has 1 saturated heterocycles. The lowest BCUT2D eigenvalue weighted by atomic mass is 10.2. The van der Waals surface area contributed by atoms with Gasteiger partial charge in [-0.05, 0) is 70.5 Å². The van der Waals surface area contributed by atoms with E-state index in [1.807, 2.05) is 26.0 Å². The molecule has 30 heavy (non-hydrogen) atoms. The normalized spacial score (nSPS) is 15.6. The Morgan fingerprint density at radius 1 is 1.10 bits per heavy atom. The van der Waals surface area contributed by atoms with Gasteiger partial charge >= 0.3 is 0 Å². The third-order valence-corrected chi connectivity index (χ3v) is 6.44. The zero-order valence-corrected chi connectivity index (χ0v) is 18.7. The fourth-order valence-corrected chi connectivity index (χ4v) is 4.58. The Labute approximate surface area is 182 Å². The Bertz CT molecular complexity index is 862. The first-order valence-corrected chi connectivity index (χ1v) is 11.4. The molecule has 2 heterocycles. The van der Waals surface area contributed by atoms with Gasteiger partial charge in [-0.3, -0.25) is 0 Å². The monoisotopic (exact) mass is 428 g/mol. The molecule has 0 amide bonds. The van der Waals surface area contributed by atoms with Gasteiger partial charge in [0.15, 0.2) is 0 Å². The summed E-state index contributed by atoms with van der Waals surface area (Å²) in [6, 6.07) is 8.12. The van der Waals surface area contributed by atoms with Crippen molar-refractivity contribution in [3.8, 4) is 16.3 Å². The van der Waals surface area contributed by atoms with Crippen molar-refractivity contribution < 1.29 is 4.74 Å². The fourth-order valence-electron chi connectivity index (χ4n) is 3.57. The third kappa shape index (κ3) is 6.53. The van der Waals surface area contributed by atoms with Crippen molar-refractivity contribution in [1.82, 2.24) is 9.88 Å². The molecule has 3 rings (SSSR count). The average molecular weight is 429 g/mol. The van der Waals surface area contributed by atoms with Crippen LogP contribution in [0.15, 0.2) is 34.5 Å². The Hall–Kier alpha value is -2.45. The number of likely N-dealkylation sites (tertiary alicyclic amines) is 1. The standard InChI is InChI=1S/C22H32N6OS/c1-16-20(17(2)26-27-22(23)24)30-21(25-16)18-8-10-19(11-9-18)29-15-7-14-28-12-5-3-4-6-13-28/h8-11H,3-7,12-15H2,1-2H3,(H4,23,24,27)/b26-17+. The summed E-state index contributed by atoms with van der Waals surface area (Å²) in [5.41, 5.74) is 13.4. The van der Waals surface area contributed by atoms with E-state index in [-0.39, 0.29) is 5.96 Å². The number of hydrogen-bond acceptors (Lipinski definition) is 6. The number of aromatic nitrogens is 1. The summed E-state index contributed by atoms with van der Waals surface area (Å²) >= 11 is 1.58. The molecule has 0 bridgehead atoms. The number of aryl methyl sites for hydroxylation is 1. The van der Waals surface area contributed by atoms with Crippen LogP contribution in [0.1, 0.15) is 49.6 Å². The summed E-state index contributed by atoms with van der Waals surface area (Å²) in [5.74, 6) is 0.840. The van der Waals surface area contributed by atoms with Crippen molar-refractivity contribution in [2.24, 2.45) is 21.7 Å². The largest absolute Gasteiger partial charge is 0.494 e. The van der Waals surface area contributed by atoms with E-state index in [2.05, 4.69) is 32.2 Å². The predicted molar refractivity (Wildman–Crippen MR) is 125 cm³/mol. The number of ether oxygens (including phenoxy) is 1. The van der Waals surface area contributed by atoms with E-state index in [1.165, 1.54) is 38.8 Å². The molecular formula is C22H32N6OS.